The maximum atomic E-state index is 11.2. The summed E-state index contributed by atoms with van der Waals surface area (Å²) in [5.74, 6) is -0.416. The van der Waals surface area contributed by atoms with Crippen LogP contribution in [0.2, 0.25) is 0 Å². The van der Waals surface area contributed by atoms with Crippen LogP contribution in [0.5, 0.6) is 0 Å². The van der Waals surface area contributed by atoms with Crippen molar-refractivity contribution in [3.05, 3.63) is 11.0 Å². The number of carbonyl (C=O) groups excluding carboxylic acids is 2. The van der Waals surface area contributed by atoms with Crippen LogP contribution in [0.1, 0.15) is 13.3 Å². The highest BCUT2D eigenvalue weighted by molar-refractivity contribution is 8.02. The topological polar surface area (TPSA) is 63.4 Å². The highest BCUT2D eigenvalue weighted by atomic mass is 32.2. The van der Waals surface area contributed by atoms with Gasteiger partial charge in [-0.05, 0) is 17.9 Å². The molecule has 70 valence electrons. The second-order valence-corrected chi connectivity index (χ2v) is 4.31. The van der Waals surface area contributed by atoms with Crippen molar-refractivity contribution in [3.8, 4) is 0 Å². The lowest BCUT2D eigenvalue weighted by molar-refractivity contribution is -0.148. The van der Waals surface area contributed by atoms with E-state index < -0.39 is 11.9 Å². The molecule has 1 saturated heterocycles. The summed E-state index contributed by atoms with van der Waals surface area (Å²) in [5, 5.41) is 2.05. The standard InChI is InChI=1S/C8H10N2O2S/c1-4-3-13-6-2-5(11)10(6)7(4)8(9)12/h3,6-7H,2H2,1H3,(H2,9,12). The van der Waals surface area contributed by atoms with E-state index in [0.717, 1.165) is 5.57 Å². The van der Waals surface area contributed by atoms with E-state index in [2.05, 4.69) is 0 Å². The quantitative estimate of drug-likeness (QED) is 0.605. The Morgan fingerprint density at radius 2 is 2.46 bits per heavy atom. The summed E-state index contributed by atoms with van der Waals surface area (Å²) in [7, 11) is 0. The summed E-state index contributed by atoms with van der Waals surface area (Å²) in [6.45, 7) is 1.82. The van der Waals surface area contributed by atoms with Gasteiger partial charge in [0, 0.05) is 0 Å². The number of thioether (sulfide) groups is 1. The fourth-order valence-electron chi connectivity index (χ4n) is 1.66. The Hall–Kier alpha value is -0.970. The van der Waals surface area contributed by atoms with Gasteiger partial charge in [-0.15, -0.1) is 11.8 Å². The molecule has 2 aliphatic heterocycles. The molecule has 5 heteroatoms. The molecule has 0 spiro atoms. The molecule has 2 heterocycles. The van der Waals surface area contributed by atoms with Gasteiger partial charge in [0.25, 0.3) is 0 Å². The predicted octanol–water partition coefficient (Wildman–Crippen LogP) is 0.0493. The summed E-state index contributed by atoms with van der Waals surface area (Å²) in [6, 6.07) is -0.507. The van der Waals surface area contributed by atoms with Crippen molar-refractivity contribution in [2.75, 3.05) is 0 Å². The molecule has 2 unspecified atom stereocenters. The van der Waals surface area contributed by atoms with Gasteiger partial charge in [0.2, 0.25) is 11.8 Å². The van der Waals surface area contributed by atoms with E-state index in [9.17, 15) is 9.59 Å². The Kier molecular flexibility index (Phi) is 1.83. The number of amides is 2. The molecule has 2 aliphatic rings. The lowest BCUT2D eigenvalue weighted by Gasteiger charge is -2.46. The monoisotopic (exact) mass is 198 g/mol. The summed E-state index contributed by atoms with van der Waals surface area (Å²) < 4.78 is 0. The minimum atomic E-state index is -0.507. The van der Waals surface area contributed by atoms with Gasteiger partial charge in [0.1, 0.15) is 6.04 Å². The van der Waals surface area contributed by atoms with Crippen LogP contribution in [-0.4, -0.2) is 28.1 Å². The third kappa shape index (κ3) is 1.14. The molecular weight excluding hydrogens is 188 g/mol. The fourth-order valence-corrected chi connectivity index (χ4v) is 2.77. The van der Waals surface area contributed by atoms with Gasteiger partial charge in [-0.1, -0.05) is 0 Å². The second-order valence-electron chi connectivity index (χ2n) is 3.26. The zero-order valence-electron chi connectivity index (χ0n) is 7.19. The molecule has 0 saturated carbocycles. The number of carbonyl (C=O) groups is 2. The molecule has 0 aromatic carbocycles. The maximum absolute atomic E-state index is 11.2. The van der Waals surface area contributed by atoms with Crippen LogP contribution in [0.3, 0.4) is 0 Å². The number of hydrogen-bond donors (Lipinski definition) is 1. The lowest BCUT2D eigenvalue weighted by atomic mass is 10.0. The molecule has 0 radical (unpaired) electrons. The normalized spacial score (nSPS) is 31.9. The van der Waals surface area contributed by atoms with Gasteiger partial charge in [-0.3, -0.25) is 9.59 Å². The van der Waals surface area contributed by atoms with Crippen molar-refractivity contribution in [1.29, 1.82) is 0 Å². The largest absolute Gasteiger partial charge is 0.368 e. The molecule has 0 bridgehead atoms. The van der Waals surface area contributed by atoms with Crippen LogP contribution in [0.15, 0.2) is 11.0 Å². The number of fused-ring (bicyclic) bond motifs is 1. The number of rotatable bonds is 1. The lowest BCUT2D eigenvalue weighted by Crippen LogP contribution is -2.61. The molecule has 2 rings (SSSR count). The first kappa shape index (κ1) is 8.62. The number of primary amides is 1. The second kappa shape index (κ2) is 2.77. The van der Waals surface area contributed by atoms with Gasteiger partial charge in [0.05, 0.1) is 11.8 Å². The van der Waals surface area contributed by atoms with E-state index in [1.807, 2.05) is 12.3 Å². The summed E-state index contributed by atoms with van der Waals surface area (Å²) >= 11 is 1.58. The number of nitrogens with two attached hydrogens (primary N) is 1. The van der Waals surface area contributed by atoms with Gasteiger partial charge >= 0.3 is 0 Å². The van der Waals surface area contributed by atoms with E-state index in [0.29, 0.717) is 6.42 Å². The van der Waals surface area contributed by atoms with Crippen LogP contribution in [0.25, 0.3) is 0 Å². The summed E-state index contributed by atoms with van der Waals surface area (Å²) in [4.78, 5) is 23.9. The van der Waals surface area contributed by atoms with E-state index >= 15 is 0 Å². The zero-order chi connectivity index (χ0) is 9.59. The first-order chi connectivity index (χ1) is 6.11. The summed E-state index contributed by atoms with van der Waals surface area (Å²) in [5.41, 5.74) is 6.09. The molecule has 0 aromatic heterocycles. The first-order valence-corrected chi connectivity index (χ1v) is 4.98. The molecule has 0 aromatic rings. The average Bonchev–Trinajstić information content (AvgIpc) is 2.05. The van der Waals surface area contributed by atoms with Crippen LogP contribution in [0.4, 0.5) is 0 Å². The van der Waals surface area contributed by atoms with Crippen LogP contribution in [-0.2, 0) is 9.59 Å². The van der Waals surface area contributed by atoms with Gasteiger partial charge in [-0.2, -0.15) is 0 Å². The highest BCUT2D eigenvalue weighted by Gasteiger charge is 2.45. The molecule has 0 aliphatic carbocycles. The first-order valence-electron chi connectivity index (χ1n) is 4.04. The van der Waals surface area contributed by atoms with Crippen molar-refractivity contribution in [2.45, 2.75) is 24.8 Å². The number of β-lactam (4-membered cyclic amide) rings is 1. The molecule has 4 nitrogen and oxygen atoms in total. The Morgan fingerprint density at radius 3 is 2.92 bits per heavy atom. The van der Waals surface area contributed by atoms with Gasteiger partial charge in [-0.25, -0.2) is 0 Å². The molecule has 2 atom stereocenters. The molecular formula is C8H10N2O2S. The van der Waals surface area contributed by atoms with Crippen molar-refractivity contribution < 1.29 is 9.59 Å². The van der Waals surface area contributed by atoms with Gasteiger partial charge in [0.15, 0.2) is 0 Å². The van der Waals surface area contributed by atoms with Crippen molar-refractivity contribution >= 4 is 23.6 Å². The predicted molar refractivity (Wildman–Crippen MR) is 49.6 cm³/mol. The Bertz CT molecular complexity index is 313. The van der Waals surface area contributed by atoms with Crippen LogP contribution in [0, 0.1) is 0 Å². The fraction of sp³-hybridized carbons (Fsp3) is 0.500. The van der Waals surface area contributed by atoms with E-state index in [1.165, 1.54) is 0 Å². The highest BCUT2D eigenvalue weighted by Crippen LogP contribution is 2.38. The zero-order valence-corrected chi connectivity index (χ0v) is 8.00. The Morgan fingerprint density at radius 1 is 1.77 bits per heavy atom. The minimum absolute atomic E-state index is 0.0220. The van der Waals surface area contributed by atoms with E-state index in [-0.39, 0.29) is 11.3 Å². The van der Waals surface area contributed by atoms with Crippen LogP contribution < -0.4 is 5.73 Å². The maximum Gasteiger partial charge on any atom is 0.244 e. The van der Waals surface area contributed by atoms with E-state index in [1.54, 1.807) is 16.7 Å². The summed E-state index contributed by atoms with van der Waals surface area (Å²) in [6.07, 6.45) is 0.526. The molecule has 13 heavy (non-hydrogen) atoms. The SMILES string of the molecule is CC1=CSC2CC(=O)N2C1C(N)=O. The molecule has 1 fully saturated rings. The smallest absolute Gasteiger partial charge is 0.244 e. The van der Waals surface area contributed by atoms with Crippen LogP contribution >= 0.6 is 11.8 Å². The average molecular weight is 198 g/mol. The number of nitrogens with zero attached hydrogens (tertiary/aromatic N) is 1. The van der Waals surface area contributed by atoms with Crippen molar-refractivity contribution in [2.24, 2.45) is 5.73 Å². The number of hydrogen-bond acceptors (Lipinski definition) is 3. The van der Waals surface area contributed by atoms with E-state index in [4.69, 9.17) is 5.73 Å². The Labute approximate surface area is 80.1 Å². The molecule has 2 amide bonds. The Balaban J connectivity index is 2.30. The third-order valence-electron chi connectivity index (χ3n) is 2.34. The van der Waals surface area contributed by atoms with Crippen molar-refractivity contribution in [1.82, 2.24) is 4.90 Å². The third-order valence-corrected chi connectivity index (χ3v) is 3.55. The molecule has 2 N–H and O–H groups in total. The van der Waals surface area contributed by atoms with Gasteiger partial charge < -0.3 is 10.6 Å². The minimum Gasteiger partial charge on any atom is -0.368 e. The van der Waals surface area contributed by atoms with Crippen molar-refractivity contribution in [3.63, 3.8) is 0 Å².